The van der Waals surface area contributed by atoms with E-state index in [2.05, 4.69) is 66.3 Å². The second-order valence-corrected chi connectivity index (χ2v) is 7.37. The van der Waals surface area contributed by atoms with Crippen molar-refractivity contribution in [2.45, 2.75) is 39.2 Å². The first kappa shape index (κ1) is 14.1. The van der Waals surface area contributed by atoms with E-state index in [1.807, 2.05) is 0 Å². The first-order chi connectivity index (χ1) is 10.7. The number of fused-ring (bicyclic) bond motifs is 3. The van der Waals surface area contributed by atoms with Crippen molar-refractivity contribution in [1.82, 2.24) is 9.88 Å². The number of hydrogen-bond donors (Lipinski definition) is 1. The molecule has 0 saturated carbocycles. The quantitative estimate of drug-likeness (QED) is 0.829. The highest BCUT2D eigenvalue weighted by atomic mass is 15.2. The Morgan fingerprint density at radius 1 is 1.27 bits per heavy atom. The lowest BCUT2D eigenvalue weighted by molar-refractivity contribution is 0.0263. The molecule has 1 N–H and O–H groups in total. The standard InChI is InChI=1S/C20H26N2/c1-3-20(2)12-17-9-8-16(20)14-22(17)11-10-15-13-21-19-7-5-4-6-18(15)19/h4-9,13,16-17,21H,3,10-12,14H2,1-2H3. The second kappa shape index (κ2) is 5.27. The molecule has 1 aromatic carbocycles. The van der Waals surface area contributed by atoms with Crippen molar-refractivity contribution in [3.8, 4) is 0 Å². The van der Waals surface area contributed by atoms with Gasteiger partial charge in [-0.15, -0.1) is 0 Å². The summed E-state index contributed by atoms with van der Waals surface area (Å²) in [5.41, 5.74) is 3.24. The number of nitrogens with one attached hydrogen (secondary N) is 1. The molecule has 0 radical (unpaired) electrons. The minimum atomic E-state index is 0.525. The van der Waals surface area contributed by atoms with Crippen molar-refractivity contribution in [3.05, 3.63) is 48.2 Å². The van der Waals surface area contributed by atoms with E-state index in [0.717, 1.165) is 12.3 Å². The Bertz CT molecular complexity index is 699. The van der Waals surface area contributed by atoms with Crippen LogP contribution >= 0.6 is 0 Å². The first-order valence-electron chi connectivity index (χ1n) is 8.67. The minimum Gasteiger partial charge on any atom is -0.361 e. The van der Waals surface area contributed by atoms with E-state index in [4.69, 9.17) is 0 Å². The molecule has 3 aliphatic rings. The first-order valence-corrected chi connectivity index (χ1v) is 8.67. The largest absolute Gasteiger partial charge is 0.361 e. The number of H-pyrrole nitrogens is 1. The molecule has 2 bridgehead atoms. The van der Waals surface area contributed by atoms with E-state index in [1.165, 1.54) is 42.4 Å². The van der Waals surface area contributed by atoms with Crippen LogP contribution in [-0.2, 0) is 6.42 Å². The van der Waals surface area contributed by atoms with E-state index in [1.54, 1.807) is 0 Å². The summed E-state index contributed by atoms with van der Waals surface area (Å²) < 4.78 is 0. The smallest absolute Gasteiger partial charge is 0.0456 e. The summed E-state index contributed by atoms with van der Waals surface area (Å²) in [5, 5.41) is 1.39. The van der Waals surface area contributed by atoms with Crippen LogP contribution in [0.25, 0.3) is 10.9 Å². The molecule has 22 heavy (non-hydrogen) atoms. The van der Waals surface area contributed by atoms with Crippen molar-refractivity contribution in [3.63, 3.8) is 0 Å². The highest BCUT2D eigenvalue weighted by molar-refractivity contribution is 5.83. The maximum Gasteiger partial charge on any atom is 0.0456 e. The van der Waals surface area contributed by atoms with Crippen LogP contribution in [0, 0.1) is 11.3 Å². The molecule has 3 heterocycles. The average molecular weight is 294 g/mol. The van der Waals surface area contributed by atoms with Gasteiger partial charge in [-0.1, -0.05) is 50.6 Å². The molecule has 116 valence electrons. The lowest BCUT2D eigenvalue weighted by Gasteiger charge is -2.52. The highest BCUT2D eigenvalue weighted by Crippen LogP contribution is 2.46. The van der Waals surface area contributed by atoms with Crippen LogP contribution in [0.1, 0.15) is 32.3 Å². The van der Waals surface area contributed by atoms with Gasteiger partial charge in [0, 0.05) is 36.2 Å². The molecule has 2 heteroatoms. The third-order valence-electron chi connectivity index (χ3n) is 6.19. The van der Waals surface area contributed by atoms with Crippen LogP contribution in [0.5, 0.6) is 0 Å². The zero-order valence-electron chi connectivity index (χ0n) is 13.7. The minimum absolute atomic E-state index is 0.525. The van der Waals surface area contributed by atoms with E-state index >= 15 is 0 Å². The fourth-order valence-corrected chi connectivity index (χ4v) is 4.38. The van der Waals surface area contributed by atoms with Crippen molar-refractivity contribution < 1.29 is 0 Å². The summed E-state index contributed by atoms with van der Waals surface area (Å²) in [7, 11) is 0. The number of aromatic amines is 1. The molecule has 1 saturated heterocycles. The van der Waals surface area contributed by atoms with Gasteiger partial charge >= 0.3 is 0 Å². The lowest BCUT2D eigenvalue weighted by Crippen LogP contribution is -2.53. The molecular formula is C20H26N2. The van der Waals surface area contributed by atoms with Gasteiger partial charge in [0.1, 0.15) is 0 Å². The van der Waals surface area contributed by atoms with Gasteiger partial charge in [-0.2, -0.15) is 0 Å². The molecule has 5 rings (SSSR count). The SMILES string of the molecule is CCC1(C)CC2C=CC1CN2CCc1c[nH]c2ccccc12. The van der Waals surface area contributed by atoms with E-state index in [9.17, 15) is 0 Å². The third-order valence-corrected chi connectivity index (χ3v) is 6.19. The Morgan fingerprint density at radius 2 is 2.14 bits per heavy atom. The maximum absolute atomic E-state index is 3.40. The van der Waals surface area contributed by atoms with Crippen LogP contribution in [0.3, 0.4) is 0 Å². The van der Waals surface area contributed by atoms with Gasteiger partial charge in [-0.05, 0) is 35.8 Å². The Morgan fingerprint density at radius 3 is 2.91 bits per heavy atom. The van der Waals surface area contributed by atoms with Crippen molar-refractivity contribution in [1.29, 1.82) is 0 Å². The van der Waals surface area contributed by atoms with Crippen LogP contribution in [0.4, 0.5) is 0 Å². The number of hydrogen-bond acceptors (Lipinski definition) is 1. The van der Waals surface area contributed by atoms with Gasteiger partial charge in [0.05, 0.1) is 0 Å². The summed E-state index contributed by atoms with van der Waals surface area (Å²) in [6.07, 6.45) is 10.9. The lowest BCUT2D eigenvalue weighted by atomic mass is 9.64. The zero-order valence-corrected chi connectivity index (χ0v) is 13.7. The Kier molecular flexibility index (Phi) is 3.37. The van der Waals surface area contributed by atoms with Gasteiger partial charge in [0.2, 0.25) is 0 Å². The maximum atomic E-state index is 3.40. The molecular weight excluding hydrogens is 268 g/mol. The normalized spacial score (nSPS) is 31.2. The van der Waals surface area contributed by atoms with Gasteiger partial charge in [0.25, 0.3) is 0 Å². The topological polar surface area (TPSA) is 19.0 Å². The zero-order chi connectivity index (χ0) is 15.2. The summed E-state index contributed by atoms with van der Waals surface area (Å²) in [6, 6.07) is 9.29. The van der Waals surface area contributed by atoms with Gasteiger partial charge in [-0.25, -0.2) is 0 Å². The molecule has 2 nitrogen and oxygen atoms in total. The number of benzene rings is 1. The summed E-state index contributed by atoms with van der Waals surface area (Å²) >= 11 is 0. The molecule has 0 amide bonds. The predicted octanol–water partition coefficient (Wildman–Crippen LogP) is 4.39. The van der Waals surface area contributed by atoms with Gasteiger partial charge in [-0.3, -0.25) is 4.90 Å². The molecule has 1 aliphatic carbocycles. The number of rotatable bonds is 4. The van der Waals surface area contributed by atoms with Crippen LogP contribution < -0.4 is 0 Å². The van der Waals surface area contributed by atoms with E-state index < -0.39 is 0 Å². The van der Waals surface area contributed by atoms with Crippen molar-refractivity contribution >= 4 is 10.9 Å². The molecule has 2 aliphatic heterocycles. The van der Waals surface area contributed by atoms with E-state index in [-0.39, 0.29) is 0 Å². The summed E-state index contributed by atoms with van der Waals surface area (Å²) in [6.45, 7) is 7.25. The summed E-state index contributed by atoms with van der Waals surface area (Å²) in [5.74, 6) is 0.741. The monoisotopic (exact) mass is 294 g/mol. The molecule has 3 atom stereocenters. The highest BCUT2D eigenvalue weighted by Gasteiger charge is 2.43. The van der Waals surface area contributed by atoms with Gasteiger partial charge < -0.3 is 4.98 Å². The Hall–Kier alpha value is -1.54. The fourth-order valence-electron chi connectivity index (χ4n) is 4.38. The number of aromatic nitrogens is 1. The molecule has 2 aromatic rings. The summed E-state index contributed by atoms with van der Waals surface area (Å²) in [4.78, 5) is 6.10. The van der Waals surface area contributed by atoms with E-state index in [0.29, 0.717) is 11.5 Å². The van der Waals surface area contributed by atoms with Crippen molar-refractivity contribution in [2.24, 2.45) is 11.3 Å². The second-order valence-electron chi connectivity index (χ2n) is 7.37. The Balaban J connectivity index is 1.47. The molecule has 3 unspecified atom stereocenters. The number of piperidine rings is 1. The predicted molar refractivity (Wildman–Crippen MR) is 93.0 cm³/mol. The molecule has 0 spiro atoms. The van der Waals surface area contributed by atoms with Crippen LogP contribution in [-0.4, -0.2) is 29.0 Å². The fraction of sp³-hybridized carbons (Fsp3) is 0.500. The number of nitrogens with zero attached hydrogens (tertiary/aromatic N) is 1. The van der Waals surface area contributed by atoms with Crippen molar-refractivity contribution in [2.75, 3.05) is 13.1 Å². The van der Waals surface area contributed by atoms with Gasteiger partial charge in [0.15, 0.2) is 0 Å². The third kappa shape index (κ3) is 2.21. The van der Waals surface area contributed by atoms with Crippen LogP contribution in [0.15, 0.2) is 42.6 Å². The van der Waals surface area contributed by atoms with Crippen LogP contribution in [0.2, 0.25) is 0 Å². The Labute approximate surface area is 133 Å². The molecule has 1 aromatic heterocycles. The number of para-hydroxylation sites is 1. The average Bonchev–Trinajstić information content (AvgIpc) is 2.97. The molecule has 1 fully saturated rings.